The second kappa shape index (κ2) is 4.79. The summed E-state index contributed by atoms with van der Waals surface area (Å²) in [4.78, 5) is 3.90. The highest BCUT2D eigenvalue weighted by Crippen LogP contribution is 2.09. The largest absolute Gasteiger partial charge is 0.382 e. The Morgan fingerprint density at radius 2 is 2.46 bits per heavy atom. The Labute approximate surface area is 77.4 Å². The van der Waals surface area contributed by atoms with Gasteiger partial charge < -0.3 is 5.32 Å². The predicted molar refractivity (Wildman–Crippen MR) is 50.9 cm³/mol. The molecule has 1 N–H and O–H groups in total. The van der Waals surface area contributed by atoms with E-state index in [1.54, 1.807) is 12.3 Å². The molecule has 0 spiro atoms. The van der Waals surface area contributed by atoms with Crippen LogP contribution in [0, 0.1) is 23.7 Å². The fourth-order valence-corrected chi connectivity index (χ4v) is 0.906. The van der Waals surface area contributed by atoms with E-state index in [1.165, 1.54) is 0 Å². The third kappa shape index (κ3) is 2.50. The Morgan fingerprint density at radius 3 is 3.15 bits per heavy atom. The summed E-state index contributed by atoms with van der Waals surface area (Å²) in [5, 5.41) is 11.7. The summed E-state index contributed by atoms with van der Waals surface area (Å²) in [7, 11) is 0. The van der Waals surface area contributed by atoms with E-state index < -0.39 is 0 Å². The molecular formula is C10H9N3. The lowest BCUT2D eigenvalue weighted by Gasteiger charge is -2.03. The van der Waals surface area contributed by atoms with Gasteiger partial charge in [0, 0.05) is 19.2 Å². The first-order valence-electron chi connectivity index (χ1n) is 3.91. The summed E-state index contributed by atoms with van der Waals surface area (Å²) in [6.07, 6.45) is 7.32. The predicted octanol–water partition coefficient (Wildman–Crippen LogP) is 1.39. The second-order valence-corrected chi connectivity index (χ2v) is 2.39. The summed E-state index contributed by atoms with van der Waals surface area (Å²) in [6, 6.07) is 5.58. The van der Waals surface area contributed by atoms with Gasteiger partial charge in [0.2, 0.25) is 0 Å². The van der Waals surface area contributed by atoms with E-state index in [9.17, 15) is 0 Å². The maximum absolute atomic E-state index is 8.68. The molecule has 3 nitrogen and oxygen atoms in total. The standard InChI is InChI=1S/C10H9N3/c1-2-3-6-12-9-5-4-7-13-10(9)8-11/h1,4-5,7,12H,3,6H2. The molecule has 1 rings (SSSR count). The van der Waals surface area contributed by atoms with Crippen molar-refractivity contribution in [3.8, 4) is 18.4 Å². The third-order valence-electron chi connectivity index (χ3n) is 1.50. The molecule has 0 unspecified atom stereocenters. The number of nitriles is 1. The molecule has 1 aromatic heterocycles. The number of rotatable bonds is 3. The molecule has 0 radical (unpaired) electrons. The molecule has 0 aliphatic carbocycles. The van der Waals surface area contributed by atoms with E-state index in [0.717, 1.165) is 5.69 Å². The number of anilines is 1. The van der Waals surface area contributed by atoms with Crippen molar-refractivity contribution in [1.82, 2.24) is 4.98 Å². The quantitative estimate of drug-likeness (QED) is 0.552. The van der Waals surface area contributed by atoms with E-state index in [2.05, 4.69) is 16.2 Å². The summed E-state index contributed by atoms with van der Waals surface area (Å²) in [6.45, 7) is 0.664. The van der Waals surface area contributed by atoms with Gasteiger partial charge in [-0.2, -0.15) is 5.26 Å². The molecule has 0 amide bonds. The molecule has 64 valence electrons. The fraction of sp³-hybridized carbons (Fsp3) is 0.200. The first kappa shape index (κ1) is 9.09. The Morgan fingerprint density at radius 1 is 1.62 bits per heavy atom. The van der Waals surface area contributed by atoms with E-state index in [4.69, 9.17) is 11.7 Å². The lowest BCUT2D eigenvalue weighted by molar-refractivity contribution is 1.09. The molecule has 0 bridgehead atoms. The maximum atomic E-state index is 8.68. The van der Waals surface area contributed by atoms with Crippen LogP contribution in [-0.2, 0) is 0 Å². The molecule has 0 saturated heterocycles. The minimum absolute atomic E-state index is 0.402. The van der Waals surface area contributed by atoms with Crippen LogP contribution in [0.5, 0.6) is 0 Å². The van der Waals surface area contributed by atoms with Gasteiger partial charge in [0.25, 0.3) is 0 Å². The zero-order chi connectivity index (χ0) is 9.52. The number of nitrogens with zero attached hydrogens (tertiary/aromatic N) is 2. The number of hydrogen-bond donors (Lipinski definition) is 1. The van der Waals surface area contributed by atoms with Gasteiger partial charge in [-0.1, -0.05) is 0 Å². The summed E-state index contributed by atoms with van der Waals surface area (Å²) in [5.41, 5.74) is 1.14. The van der Waals surface area contributed by atoms with Crippen LogP contribution >= 0.6 is 0 Å². The molecule has 0 atom stereocenters. The zero-order valence-corrected chi connectivity index (χ0v) is 7.12. The molecule has 0 saturated carbocycles. The van der Waals surface area contributed by atoms with Crippen LogP contribution in [0.1, 0.15) is 12.1 Å². The van der Waals surface area contributed by atoms with E-state index in [-0.39, 0.29) is 0 Å². The van der Waals surface area contributed by atoms with Gasteiger partial charge in [0.15, 0.2) is 5.69 Å². The molecule has 0 aliphatic heterocycles. The van der Waals surface area contributed by atoms with E-state index >= 15 is 0 Å². The highest BCUT2D eigenvalue weighted by molar-refractivity contribution is 5.53. The summed E-state index contributed by atoms with van der Waals surface area (Å²) < 4.78 is 0. The number of hydrogen-bond acceptors (Lipinski definition) is 3. The fourth-order valence-electron chi connectivity index (χ4n) is 0.906. The van der Waals surface area contributed by atoms with Crippen molar-refractivity contribution in [2.24, 2.45) is 0 Å². The molecule has 1 aromatic rings. The SMILES string of the molecule is C#CCCNc1cccnc1C#N. The first-order valence-corrected chi connectivity index (χ1v) is 3.91. The smallest absolute Gasteiger partial charge is 0.163 e. The molecular weight excluding hydrogens is 162 g/mol. The molecule has 0 aromatic carbocycles. The van der Waals surface area contributed by atoms with Crippen LogP contribution in [-0.4, -0.2) is 11.5 Å². The number of nitrogens with one attached hydrogen (secondary N) is 1. The number of aromatic nitrogens is 1. The third-order valence-corrected chi connectivity index (χ3v) is 1.50. The van der Waals surface area contributed by atoms with Crippen LogP contribution in [0.25, 0.3) is 0 Å². The van der Waals surface area contributed by atoms with Gasteiger partial charge in [0.1, 0.15) is 6.07 Å². The average molecular weight is 171 g/mol. The van der Waals surface area contributed by atoms with E-state index in [1.807, 2.05) is 12.1 Å². The second-order valence-electron chi connectivity index (χ2n) is 2.39. The summed E-state index contributed by atoms with van der Waals surface area (Å²) >= 11 is 0. The average Bonchev–Trinajstić information content (AvgIpc) is 2.19. The molecule has 0 aliphatic rings. The molecule has 1 heterocycles. The molecule has 0 fully saturated rings. The van der Waals surface area contributed by atoms with Gasteiger partial charge in [-0.15, -0.1) is 12.3 Å². The zero-order valence-electron chi connectivity index (χ0n) is 7.12. The van der Waals surface area contributed by atoms with Crippen molar-refractivity contribution in [2.45, 2.75) is 6.42 Å². The van der Waals surface area contributed by atoms with Crippen molar-refractivity contribution in [2.75, 3.05) is 11.9 Å². The number of pyridine rings is 1. The molecule has 13 heavy (non-hydrogen) atoms. The lowest BCUT2D eigenvalue weighted by Crippen LogP contribution is -2.02. The Kier molecular flexibility index (Phi) is 3.35. The topological polar surface area (TPSA) is 48.7 Å². The van der Waals surface area contributed by atoms with Crippen LogP contribution < -0.4 is 5.32 Å². The molecule has 3 heteroatoms. The van der Waals surface area contributed by atoms with Crippen molar-refractivity contribution >= 4 is 5.69 Å². The van der Waals surface area contributed by atoms with Crippen LogP contribution in [0.2, 0.25) is 0 Å². The van der Waals surface area contributed by atoms with Gasteiger partial charge in [-0.3, -0.25) is 0 Å². The van der Waals surface area contributed by atoms with Crippen molar-refractivity contribution in [3.63, 3.8) is 0 Å². The highest BCUT2D eigenvalue weighted by Gasteiger charge is 1.99. The minimum Gasteiger partial charge on any atom is -0.382 e. The van der Waals surface area contributed by atoms with Gasteiger partial charge in [-0.05, 0) is 12.1 Å². The van der Waals surface area contributed by atoms with Crippen molar-refractivity contribution in [3.05, 3.63) is 24.0 Å². The normalized spacial score (nSPS) is 8.46. The van der Waals surface area contributed by atoms with Crippen molar-refractivity contribution in [1.29, 1.82) is 5.26 Å². The monoisotopic (exact) mass is 171 g/mol. The van der Waals surface area contributed by atoms with Crippen molar-refractivity contribution < 1.29 is 0 Å². The van der Waals surface area contributed by atoms with E-state index in [0.29, 0.717) is 18.7 Å². The number of terminal acetylenes is 1. The van der Waals surface area contributed by atoms with Crippen LogP contribution in [0.3, 0.4) is 0 Å². The van der Waals surface area contributed by atoms with Gasteiger partial charge >= 0.3 is 0 Å². The minimum atomic E-state index is 0.402. The maximum Gasteiger partial charge on any atom is 0.163 e. The highest BCUT2D eigenvalue weighted by atomic mass is 14.9. The Balaban J connectivity index is 2.67. The summed E-state index contributed by atoms with van der Waals surface area (Å²) in [5.74, 6) is 2.51. The Hall–Kier alpha value is -2.00. The lowest BCUT2D eigenvalue weighted by atomic mass is 10.3. The Bertz CT molecular complexity index is 357. The van der Waals surface area contributed by atoms with Crippen LogP contribution in [0.4, 0.5) is 5.69 Å². The first-order chi connectivity index (χ1) is 6.38. The van der Waals surface area contributed by atoms with Gasteiger partial charge in [-0.25, -0.2) is 4.98 Å². The van der Waals surface area contributed by atoms with Gasteiger partial charge in [0.05, 0.1) is 5.69 Å². The van der Waals surface area contributed by atoms with Crippen LogP contribution in [0.15, 0.2) is 18.3 Å².